The first-order chi connectivity index (χ1) is 11.8. The molecule has 0 aromatic heterocycles. The fraction of sp³-hybridized carbons (Fsp3) is 0.611. The fourth-order valence-electron chi connectivity index (χ4n) is 2.61. The van der Waals surface area contributed by atoms with Crippen molar-refractivity contribution in [3.8, 4) is 0 Å². The maximum absolute atomic E-state index is 13.0. The van der Waals surface area contributed by atoms with Crippen LogP contribution in [0.25, 0.3) is 0 Å². The molecular formula is C18H28N2O4S. The molecule has 1 aromatic carbocycles. The summed E-state index contributed by atoms with van der Waals surface area (Å²) in [4.78, 5) is 12.7. The number of nitrogens with zero attached hydrogens (tertiary/aromatic N) is 1. The van der Waals surface area contributed by atoms with Crippen molar-refractivity contribution >= 4 is 15.9 Å². The van der Waals surface area contributed by atoms with E-state index in [1.807, 2.05) is 27.7 Å². The Morgan fingerprint density at radius 3 is 2.44 bits per heavy atom. The first-order valence-electron chi connectivity index (χ1n) is 8.79. The molecule has 7 heteroatoms. The smallest absolute Gasteiger partial charge is 0.251 e. The van der Waals surface area contributed by atoms with Crippen molar-refractivity contribution < 1.29 is 17.9 Å². The maximum Gasteiger partial charge on any atom is 0.251 e. The lowest BCUT2D eigenvalue weighted by Crippen LogP contribution is -2.41. The van der Waals surface area contributed by atoms with E-state index in [-0.39, 0.29) is 16.8 Å². The average Bonchev–Trinajstić information content (AvgIpc) is 2.61. The highest BCUT2D eigenvalue weighted by molar-refractivity contribution is 7.89. The van der Waals surface area contributed by atoms with Gasteiger partial charge in [-0.2, -0.15) is 4.31 Å². The summed E-state index contributed by atoms with van der Waals surface area (Å²) in [5.74, 6) is 0.0534. The molecule has 140 valence electrons. The highest BCUT2D eigenvalue weighted by Crippen LogP contribution is 2.23. The summed E-state index contributed by atoms with van der Waals surface area (Å²) in [6, 6.07) is 4.95. The molecule has 0 radical (unpaired) electrons. The lowest BCUT2D eigenvalue weighted by atomic mass is 10.1. The zero-order valence-corrected chi connectivity index (χ0v) is 16.2. The van der Waals surface area contributed by atoms with Gasteiger partial charge in [-0.15, -0.1) is 0 Å². The second-order valence-corrected chi connectivity index (χ2v) is 8.61. The Kier molecular flexibility index (Phi) is 6.59. The van der Waals surface area contributed by atoms with Crippen LogP contribution in [-0.4, -0.2) is 51.0 Å². The lowest BCUT2D eigenvalue weighted by Gasteiger charge is -2.27. The molecule has 1 unspecified atom stereocenters. The quantitative estimate of drug-likeness (QED) is 0.834. The number of carbonyl (C=O) groups excluding carboxylic acids is 1. The maximum atomic E-state index is 13.0. The Morgan fingerprint density at radius 1 is 1.24 bits per heavy atom. The normalized spacial score (nSPS) is 17.5. The summed E-state index contributed by atoms with van der Waals surface area (Å²) < 4.78 is 32.7. The van der Waals surface area contributed by atoms with Crippen LogP contribution in [0, 0.1) is 5.92 Å². The highest BCUT2D eigenvalue weighted by atomic mass is 32.2. The van der Waals surface area contributed by atoms with Crippen molar-refractivity contribution in [1.29, 1.82) is 0 Å². The zero-order valence-electron chi connectivity index (χ0n) is 15.4. The number of rotatable bonds is 6. The van der Waals surface area contributed by atoms with E-state index in [1.54, 1.807) is 12.1 Å². The molecule has 1 aromatic rings. The van der Waals surface area contributed by atoms with Crippen LogP contribution in [0.4, 0.5) is 0 Å². The number of hydrogen-bond donors (Lipinski definition) is 1. The molecule has 0 bridgehead atoms. The SMILES string of the molecule is CCc1ccc(C(=O)NC(C)C(C)C)cc1S(=O)(=O)N1CCOCC1. The fourth-order valence-corrected chi connectivity index (χ4v) is 4.34. The number of carbonyl (C=O) groups is 1. The van der Waals surface area contributed by atoms with Crippen LogP contribution in [0.15, 0.2) is 23.1 Å². The Hall–Kier alpha value is -1.44. The Labute approximate surface area is 150 Å². The van der Waals surface area contributed by atoms with E-state index in [0.717, 1.165) is 5.56 Å². The number of morpholine rings is 1. The molecule has 1 aliphatic heterocycles. The van der Waals surface area contributed by atoms with Gasteiger partial charge >= 0.3 is 0 Å². The average molecular weight is 368 g/mol. The highest BCUT2D eigenvalue weighted by Gasteiger charge is 2.29. The molecule has 1 saturated heterocycles. The van der Waals surface area contributed by atoms with Crippen molar-refractivity contribution in [2.75, 3.05) is 26.3 Å². The molecule has 1 N–H and O–H groups in total. The molecule has 0 aliphatic carbocycles. The predicted octanol–water partition coefficient (Wildman–Crippen LogP) is 2.04. The minimum absolute atomic E-state index is 0.0117. The second kappa shape index (κ2) is 8.29. The van der Waals surface area contributed by atoms with Gasteiger partial charge in [-0.1, -0.05) is 26.8 Å². The minimum atomic E-state index is -3.63. The standard InChI is InChI=1S/C18H28N2O4S/c1-5-15-6-7-16(18(21)19-14(4)13(2)3)12-17(15)25(22,23)20-8-10-24-11-9-20/h6-7,12-14H,5,8-11H2,1-4H3,(H,19,21). The summed E-state index contributed by atoms with van der Waals surface area (Å²) in [7, 11) is -3.63. The summed E-state index contributed by atoms with van der Waals surface area (Å²) in [6.07, 6.45) is 0.587. The van der Waals surface area contributed by atoms with E-state index in [4.69, 9.17) is 4.74 Å². The summed E-state index contributed by atoms with van der Waals surface area (Å²) in [5.41, 5.74) is 1.09. The van der Waals surface area contributed by atoms with Crippen LogP contribution in [-0.2, 0) is 21.2 Å². The Morgan fingerprint density at radius 2 is 1.88 bits per heavy atom. The van der Waals surface area contributed by atoms with Gasteiger partial charge in [-0.3, -0.25) is 4.79 Å². The van der Waals surface area contributed by atoms with Crippen molar-refractivity contribution in [2.45, 2.75) is 45.1 Å². The van der Waals surface area contributed by atoms with Crippen LogP contribution >= 0.6 is 0 Å². The summed E-state index contributed by atoms with van der Waals surface area (Å²) in [5, 5.41) is 2.92. The molecular weight excluding hydrogens is 340 g/mol. The third-order valence-corrected chi connectivity index (χ3v) is 6.64. The number of aryl methyl sites for hydroxylation is 1. The molecule has 1 fully saturated rings. The predicted molar refractivity (Wildman–Crippen MR) is 97.2 cm³/mol. The number of nitrogens with one attached hydrogen (secondary N) is 1. The van der Waals surface area contributed by atoms with E-state index >= 15 is 0 Å². The Balaban J connectivity index is 2.35. The summed E-state index contributed by atoms with van der Waals surface area (Å²) in [6.45, 7) is 9.37. The van der Waals surface area contributed by atoms with Gasteiger partial charge in [-0.05, 0) is 37.0 Å². The van der Waals surface area contributed by atoms with Crippen molar-refractivity contribution in [1.82, 2.24) is 9.62 Å². The van der Waals surface area contributed by atoms with Crippen molar-refractivity contribution in [3.05, 3.63) is 29.3 Å². The monoisotopic (exact) mass is 368 g/mol. The number of amides is 1. The van der Waals surface area contributed by atoms with Gasteiger partial charge in [0, 0.05) is 24.7 Å². The first-order valence-corrected chi connectivity index (χ1v) is 10.2. The molecule has 1 heterocycles. The zero-order chi connectivity index (χ0) is 18.6. The lowest BCUT2D eigenvalue weighted by molar-refractivity contribution is 0.0730. The van der Waals surface area contributed by atoms with Crippen LogP contribution < -0.4 is 5.32 Å². The number of hydrogen-bond acceptors (Lipinski definition) is 4. The van der Waals surface area contributed by atoms with Crippen LogP contribution in [0.1, 0.15) is 43.6 Å². The van der Waals surface area contributed by atoms with Crippen LogP contribution in [0.2, 0.25) is 0 Å². The molecule has 6 nitrogen and oxygen atoms in total. The van der Waals surface area contributed by atoms with Crippen LogP contribution in [0.3, 0.4) is 0 Å². The second-order valence-electron chi connectivity index (χ2n) is 6.70. The van der Waals surface area contributed by atoms with Crippen molar-refractivity contribution in [3.63, 3.8) is 0 Å². The molecule has 2 rings (SSSR count). The van der Waals surface area contributed by atoms with Gasteiger partial charge in [0.25, 0.3) is 5.91 Å². The van der Waals surface area contributed by atoms with E-state index in [9.17, 15) is 13.2 Å². The number of sulfonamides is 1. The molecule has 1 aliphatic rings. The van der Waals surface area contributed by atoms with Crippen molar-refractivity contribution in [2.24, 2.45) is 5.92 Å². The van der Waals surface area contributed by atoms with E-state index in [0.29, 0.717) is 44.2 Å². The topological polar surface area (TPSA) is 75.7 Å². The number of benzene rings is 1. The molecule has 25 heavy (non-hydrogen) atoms. The van der Waals surface area contributed by atoms with E-state index in [1.165, 1.54) is 10.4 Å². The molecule has 1 amide bonds. The largest absolute Gasteiger partial charge is 0.379 e. The third kappa shape index (κ3) is 4.59. The van der Waals surface area contributed by atoms with Gasteiger partial charge < -0.3 is 10.1 Å². The van der Waals surface area contributed by atoms with E-state index in [2.05, 4.69) is 5.32 Å². The van der Waals surface area contributed by atoms with Gasteiger partial charge in [0.05, 0.1) is 18.1 Å². The molecule has 1 atom stereocenters. The minimum Gasteiger partial charge on any atom is -0.379 e. The Bertz CT molecular complexity index is 710. The third-order valence-electron chi connectivity index (χ3n) is 4.66. The van der Waals surface area contributed by atoms with Gasteiger partial charge in [0.15, 0.2) is 0 Å². The summed E-state index contributed by atoms with van der Waals surface area (Å²) >= 11 is 0. The molecule has 0 saturated carbocycles. The number of ether oxygens (including phenoxy) is 1. The van der Waals surface area contributed by atoms with Gasteiger partial charge in [0.1, 0.15) is 0 Å². The van der Waals surface area contributed by atoms with E-state index < -0.39 is 10.0 Å². The van der Waals surface area contributed by atoms with Crippen LogP contribution in [0.5, 0.6) is 0 Å². The first kappa shape index (κ1) is 19.9. The van der Waals surface area contributed by atoms with Gasteiger partial charge in [0.2, 0.25) is 10.0 Å². The molecule has 0 spiro atoms. The van der Waals surface area contributed by atoms with Gasteiger partial charge in [-0.25, -0.2) is 8.42 Å².